The Morgan fingerprint density at radius 1 is 1.44 bits per heavy atom. The van der Waals surface area contributed by atoms with Crippen LogP contribution in [0, 0.1) is 6.92 Å². The van der Waals surface area contributed by atoms with Gasteiger partial charge in [0.1, 0.15) is 0 Å². The van der Waals surface area contributed by atoms with Gasteiger partial charge in [0.15, 0.2) is 0 Å². The molecule has 0 fully saturated rings. The van der Waals surface area contributed by atoms with E-state index < -0.39 is 0 Å². The molecule has 0 saturated carbocycles. The van der Waals surface area contributed by atoms with Crippen molar-refractivity contribution in [3.05, 3.63) is 28.4 Å². The van der Waals surface area contributed by atoms with E-state index in [1.54, 1.807) is 17.0 Å². The first-order chi connectivity index (χ1) is 7.38. The molecule has 0 atom stereocenters. The van der Waals surface area contributed by atoms with Crippen LogP contribution < -0.4 is 10.9 Å². The second-order valence-electron chi connectivity index (χ2n) is 5.09. The van der Waals surface area contributed by atoms with E-state index in [9.17, 15) is 4.79 Å². The Bertz CT molecular complexity index is 390. The highest BCUT2D eigenvalue weighted by Crippen LogP contribution is 1.98. The third-order valence-corrected chi connectivity index (χ3v) is 2.25. The van der Waals surface area contributed by atoms with E-state index in [2.05, 4.69) is 31.1 Å². The maximum atomic E-state index is 11.5. The van der Waals surface area contributed by atoms with Crippen LogP contribution in [-0.4, -0.2) is 21.6 Å². The minimum absolute atomic E-state index is 0.0308. The quantitative estimate of drug-likeness (QED) is 0.783. The molecule has 16 heavy (non-hydrogen) atoms. The minimum atomic E-state index is 0.0308. The van der Waals surface area contributed by atoms with Gasteiger partial charge < -0.3 is 5.32 Å². The van der Waals surface area contributed by atoms with Gasteiger partial charge in [-0.15, -0.1) is 0 Å². The van der Waals surface area contributed by atoms with Crippen molar-refractivity contribution in [2.75, 3.05) is 6.54 Å². The standard InChI is InChI=1S/C12H21N3O/c1-10-8-11(16)15(9-13-10)7-5-6-14-12(2,3)4/h8-9,14H,5-7H2,1-4H3. The molecule has 0 saturated heterocycles. The molecule has 1 aromatic heterocycles. The molecule has 0 radical (unpaired) electrons. The van der Waals surface area contributed by atoms with Crippen LogP contribution in [0.15, 0.2) is 17.2 Å². The van der Waals surface area contributed by atoms with Crippen molar-refractivity contribution in [1.29, 1.82) is 0 Å². The summed E-state index contributed by atoms with van der Waals surface area (Å²) in [5.41, 5.74) is 0.938. The molecule has 1 aromatic rings. The summed E-state index contributed by atoms with van der Waals surface area (Å²) in [6.45, 7) is 9.84. The Morgan fingerprint density at radius 2 is 2.12 bits per heavy atom. The van der Waals surface area contributed by atoms with Gasteiger partial charge in [0, 0.05) is 23.8 Å². The molecular weight excluding hydrogens is 202 g/mol. The van der Waals surface area contributed by atoms with Gasteiger partial charge in [0.25, 0.3) is 5.56 Å². The fourth-order valence-corrected chi connectivity index (χ4v) is 1.40. The maximum absolute atomic E-state index is 11.5. The van der Waals surface area contributed by atoms with Crippen LogP contribution in [-0.2, 0) is 6.54 Å². The number of nitrogens with one attached hydrogen (secondary N) is 1. The molecule has 1 N–H and O–H groups in total. The molecule has 0 aliphatic heterocycles. The van der Waals surface area contributed by atoms with Crippen molar-refractivity contribution < 1.29 is 0 Å². The van der Waals surface area contributed by atoms with E-state index in [0.29, 0.717) is 0 Å². The molecule has 0 bridgehead atoms. The number of aryl methyl sites for hydroxylation is 2. The monoisotopic (exact) mass is 223 g/mol. The largest absolute Gasteiger partial charge is 0.312 e. The predicted molar refractivity (Wildman–Crippen MR) is 65.6 cm³/mol. The smallest absolute Gasteiger partial charge is 0.253 e. The summed E-state index contributed by atoms with van der Waals surface area (Å²) in [6.07, 6.45) is 2.55. The van der Waals surface area contributed by atoms with Gasteiger partial charge in [-0.25, -0.2) is 4.98 Å². The summed E-state index contributed by atoms with van der Waals surface area (Å²) in [4.78, 5) is 15.6. The summed E-state index contributed by atoms with van der Waals surface area (Å²) in [7, 11) is 0. The number of aromatic nitrogens is 2. The summed E-state index contributed by atoms with van der Waals surface area (Å²) >= 11 is 0. The highest BCUT2D eigenvalue weighted by Gasteiger charge is 2.07. The summed E-state index contributed by atoms with van der Waals surface area (Å²) < 4.78 is 1.65. The topological polar surface area (TPSA) is 46.9 Å². The number of hydrogen-bond donors (Lipinski definition) is 1. The molecule has 1 heterocycles. The fourth-order valence-electron chi connectivity index (χ4n) is 1.40. The van der Waals surface area contributed by atoms with Crippen molar-refractivity contribution in [3.8, 4) is 0 Å². The Kier molecular flexibility index (Phi) is 4.24. The second kappa shape index (κ2) is 5.25. The summed E-state index contributed by atoms with van der Waals surface area (Å²) in [5.74, 6) is 0. The normalized spacial score (nSPS) is 11.8. The highest BCUT2D eigenvalue weighted by atomic mass is 16.1. The first kappa shape index (κ1) is 12.9. The lowest BCUT2D eigenvalue weighted by Gasteiger charge is -2.20. The van der Waals surface area contributed by atoms with Crippen LogP contribution >= 0.6 is 0 Å². The van der Waals surface area contributed by atoms with Crippen molar-refractivity contribution in [1.82, 2.24) is 14.9 Å². The zero-order valence-electron chi connectivity index (χ0n) is 10.6. The third-order valence-electron chi connectivity index (χ3n) is 2.25. The van der Waals surface area contributed by atoms with Crippen LogP contribution in [0.2, 0.25) is 0 Å². The summed E-state index contributed by atoms with van der Waals surface area (Å²) in [5, 5.41) is 3.39. The first-order valence-corrected chi connectivity index (χ1v) is 5.66. The van der Waals surface area contributed by atoms with E-state index in [0.717, 1.165) is 25.2 Å². The van der Waals surface area contributed by atoms with Gasteiger partial charge in [0.05, 0.1) is 6.33 Å². The van der Waals surface area contributed by atoms with Crippen molar-refractivity contribution >= 4 is 0 Å². The number of hydrogen-bond acceptors (Lipinski definition) is 3. The number of nitrogens with zero attached hydrogens (tertiary/aromatic N) is 2. The fraction of sp³-hybridized carbons (Fsp3) is 0.667. The van der Waals surface area contributed by atoms with Gasteiger partial charge >= 0.3 is 0 Å². The molecule has 4 heteroatoms. The van der Waals surface area contributed by atoms with Gasteiger partial charge in [-0.1, -0.05) is 0 Å². The third kappa shape index (κ3) is 4.57. The summed E-state index contributed by atoms with van der Waals surface area (Å²) in [6, 6.07) is 1.57. The van der Waals surface area contributed by atoms with Crippen LogP contribution in [0.5, 0.6) is 0 Å². The van der Waals surface area contributed by atoms with Crippen LogP contribution in [0.25, 0.3) is 0 Å². The van der Waals surface area contributed by atoms with E-state index in [4.69, 9.17) is 0 Å². The lowest BCUT2D eigenvalue weighted by Crippen LogP contribution is -2.37. The average molecular weight is 223 g/mol. The van der Waals surface area contributed by atoms with Crippen molar-refractivity contribution in [2.24, 2.45) is 0 Å². The van der Waals surface area contributed by atoms with Crippen molar-refractivity contribution in [3.63, 3.8) is 0 Å². The van der Waals surface area contributed by atoms with Crippen molar-refractivity contribution in [2.45, 2.75) is 46.2 Å². The molecule has 0 aliphatic rings. The second-order valence-corrected chi connectivity index (χ2v) is 5.09. The Morgan fingerprint density at radius 3 is 2.69 bits per heavy atom. The van der Waals surface area contributed by atoms with E-state index in [-0.39, 0.29) is 11.1 Å². The molecule has 0 aliphatic carbocycles. The van der Waals surface area contributed by atoms with E-state index in [1.165, 1.54) is 0 Å². The van der Waals surface area contributed by atoms with Crippen LogP contribution in [0.4, 0.5) is 0 Å². The molecule has 0 unspecified atom stereocenters. The van der Waals surface area contributed by atoms with Gasteiger partial charge in [-0.05, 0) is 40.7 Å². The molecule has 0 aromatic carbocycles. The SMILES string of the molecule is Cc1cc(=O)n(CCCNC(C)(C)C)cn1. The zero-order valence-corrected chi connectivity index (χ0v) is 10.6. The lowest BCUT2D eigenvalue weighted by molar-refractivity contribution is 0.412. The van der Waals surface area contributed by atoms with Gasteiger partial charge in [-0.2, -0.15) is 0 Å². The molecular formula is C12H21N3O. The molecule has 1 rings (SSSR count). The maximum Gasteiger partial charge on any atom is 0.253 e. The number of rotatable bonds is 4. The highest BCUT2D eigenvalue weighted by molar-refractivity contribution is 4.95. The first-order valence-electron chi connectivity index (χ1n) is 5.66. The van der Waals surface area contributed by atoms with E-state index in [1.807, 2.05) is 6.92 Å². The molecule has 0 amide bonds. The lowest BCUT2D eigenvalue weighted by atomic mass is 10.1. The Labute approximate surface area is 96.7 Å². The molecule has 0 spiro atoms. The Balaban J connectivity index is 2.41. The van der Waals surface area contributed by atoms with Crippen LogP contribution in [0.3, 0.4) is 0 Å². The van der Waals surface area contributed by atoms with Gasteiger partial charge in [0.2, 0.25) is 0 Å². The zero-order chi connectivity index (χ0) is 12.2. The minimum Gasteiger partial charge on any atom is -0.312 e. The molecule has 90 valence electrons. The van der Waals surface area contributed by atoms with Crippen LogP contribution in [0.1, 0.15) is 32.9 Å². The predicted octanol–water partition coefficient (Wildman–Crippen LogP) is 1.33. The van der Waals surface area contributed by atoms with Gasteiger partial charge in [-0.3, -0.25) is 9.36 Å². The Hall–Kier alpha value is -1.16. The molecule has 4 nitrogen and oxygen atoms in total. The average Bonchev–Trinajstić information content (AvgIpc) is 2.13. The van der Waals surface area contributed by atoms with E-state index >= 15 is 0 Å².